The van der Waals surface area contributed by atoms with Crippen LogP contribution in [0.3, 0.4) is 0 Å². The summed E-state index contributed by atoms with van der Waals surface area (Å²) in [6, 6.07) is 12.6. The van der Waals surface area contributed by atoms with E-state index in [1.165, 1.54) is 12.1 Å². The zero-order valence-electron chi connectivity index (χ0n) is 14.3. The average Bonchev–Trinajstić information content (AvgIpc) is 3.15. The summed E-state index contributed by atoms with van der Waals surface area (Å²) < 4.78 is 16.6. The number of benzene rings is 1. The van der Waals surface area contributed by atoms with Crippen LogP contribution in [0.5, 0.6) is 0 Å². The quantitative estimate of drug-likeness (QED) is 0.787. The molecular formula is C19H21NO6. The Kier molecular flexibility index (Phi) is 5.70. The van der Waals surface area contributed by atoms with Crippen LogP contribution in [0, 0.1) is 0 Å². The molecule has 2 heterocycles. The highest BCUT2D eigenvalue weighted by molar-refractivity contribution is 5.85. The highest BCUT2D eigenvalue weighted by atomic mass is 16.5. The number of carboxylic acid groups (broad SMARTS) is 1. The van der Waals surface area contributed by atoms with Crippen molar-refractivity contribution in [3.8, 4) is 0 Å². The molecule has 0 bridgehead atoms. The van der Waals surface area contributed by atoms with Gasteiger partial charge in [0.25, 0.3) is 5.91 Å². The minimum absolute atomic E-state index is 0.101. The molecule has 1 aliphatic rings. The predicted octanol–water partition coefficient (Wildman–Crippen LogP) is 2.36. The normalized spacial score (nSPS) is 16.2. The smallest absolute Gasteiger partial charge is 0.371 e. The number of furan rings is 1. The van der Waals surface area contributed by atoms with Crippen LogP contribution in [0.4, 0.5) is 0 Å². The Balaban J connectivity index is 1.63. The van der Waals surface area contributed by atoms with E-state index >= 15 is 0 Å². The largest absolute Gasteiger partial charge is 0.475 e. The minimum Gasteiger partial charge on any atom is -0.475 e. The first kappa shape index (κ1) is 18.2. The van der Waals surface area contributed by atoms with Crippen molar-refractivity contribution in [2.45, 2.75) is 31.6 Å². The van der Waals surface area contributed by atoms with E-state index in [2.05, 4.69) is 5.32 Å². The first-order chi connectivity index (χ1) is 12.6. The maximum absolute atomic E-state index is 12.8. The number of hydrogen-bond acceptors (Lipinski definition) is 5. The Bertz CT molecular complexity index is 748. The highest BCUT2D eigenvalue weighted by Gasteiger charge is 2.41. The molecule has 0 saturated carbocycles. The number of hydrogen-bond donors (Lipinski definition) is 2. The Morgan fingerprint density at radius 3 is 2.50 bits per heavy atom. The second-order valence-electron chi connectivity index (χ2n) is 6.13. The monoisotopic (exact) mass is 359 g/mol. The standard InChI is InChI=1S/C19H21NO6/c21-17(22)16-7-6-15(26-16)12-20-18(23)19(8-10-24-11-9-19)25-13-14-4-2-1-3-5-14/h1-7H,8-13H2,(H,20,23)(H,21,22). The molecule has 7 nitrogen and oxygen atoms in total. The van der Waals surface area contributed by atoms with Crippen molar-refractivity contribution < 1.29 is 28.6 Å². The van der Waals surface area contributed by atoms with Crippen molar-refractivity contribution in [2.75, 3.05) is 13.2 Å². The number of nitrogens with one attached hydrogen (secondary N) is 1. The van der Waals surface area contributed by atoms with Gasteiger partial charge in [0.1, 0.15) is 5.76 Å². The zero-order valence-corrected chi connectivity index (χ0v) is 14.3. The topological polar surface area (TPSA) is 98.0 Å². The number of carboxylic acids is 1. The Morgan fingerprint density at radius 1 is 1.12 bits per heavy atom. The molecule has 0 spiro atoms. The molecular weight excluding hydrogens is 338 g/mol. The van der Waals surface area contributed by atoms with E-state index in [9.17, 15) is 9.59 Å². The molecule has 1 aliphatic heterocycles. The van der Waals surface area contributed by atoms with Gasteiger partial charge in [-0.25, -0.2) is 4.79 Å². The minimum atomic E-state index is -1.14. The van der Waals surface area contributed by atoms with Crippen LogP contribution in [0.1, 0.15) is 34.7 Å². The molecule has 7 heteroatoms. The number of aromatic carboxylic acids is 1. The molecule has 0 aliphatic carbocycles. The zero-order chi connectivity index (χ0) is 18.4. The van der Waals surface area contributed by atoms with Crippen molar-refractivity contribution in [2.24, 2.45) is 0 Å². The number of ether oxygens (including phenoxy) is 2. The summed E-state index contributed by atoms with van der Waals surface area (Å²) in [5.41, 5.74) is 0.0272. The van der Waals surface area contributed by atoms with Gasteiger partial charge in [0.2, 0.25) is 5.76 Å². The maximum Gasteiger partial charge on any atom is 0.371 e. The fourth-order valence-electron chi connectivity index (χ4n) is 2.85. The molecule has 0 radical (unpaired) electrons. The molecule has 2 aromatic rings. The molecule has 0 unspecified atom stereocenters. The third kappa shape index (κ3) is 4.30. The number of rotatable bonds is 7. The third-order valence-corrected chi connectivity index (χ3v) is 4.37. The lowest BCUT2D eigenvalue weighted by atomic mass is 9.92. The van der Waals surface area contributed by atoms with Crippen LogP contribution in [0.15, 0.2) is 46.9 Å². The first-order valence-electron chi connectivity index (χ1n) is 8.45. The van der Waals surface area contributed by atoms with Gasteiger partial charge in [-0.3, -0.25) is 4.79 Å². The van der Waals surface area contributed by atoms with E-state index in [0.717, 1.165) is 5.56 Å². The Morgan fingerprint density at radius 2 is 1.85 bits per heavy atom. The van der Waals surface area contributed by atoms with Crippen molar-refractivity contribution >= 4 is 11.9 Å². The van der Waals surface area contributed by atoms with Crippen LogP contribution >= 0.6 is 0 Å². The molecule has 2 N–H and O–H groups in total. The molecule has 0 atom stereocenters. The number of amides is 1. The molecule has 1 saturated heterocycles. The summed E-state index contributed by atoms with van der Waals surface area (Å²) in [4.78, 5) is 23.7. The van der Waals surface area contributed by atoms with E-state index in [-0.39, 0.29) is 18.2 Å². The first-order valence-corrected chi connectivity index (χ1v) is 8.45. The molecule has 1 fully saturated rings. The fourth-order valence-corrected chi connectivity index (χ4v) is 2.85. The van der Waals surface area contributed by atoms with Crippen LogP contribution in [0.2, 0.25) is 0 Å². The van der Waals surface area contributed by atoms with Crippen LogP contribution in [-0.2, 0) is 27.4 Å². The van der Waals surface area contributed by atoms with Gasteiger partial charge in [0, 0.05) is 26.1 Å². The summed E-state index contributed by atoms with van der Waals surface area (Å²) in [5, 5.41) is 11.7. The van der Waals surface area contributed by atoms with Crippen LogP contribution < -0.4 is 5.32 Å². The molecule has 26 heavy (non-hydrogen) atoms. The molecule has 138 valence electrons. The van der Waals surface area contributed by atoms with Crippen molar-refractivity contribution in [1.29, 1.82) is 0 Å². The summed E-state index contributed by atoms with van der Waals surface area (Å²) in [5.74, 6) is -1.17. The van der Waals surface area contributed by atoms with Gasteiger partial charge in [-0.2, -0.15) is 0 Å². The third-order valence-electron chi connectivity index (χ3n) is 4.37. The van der Waals surface area contributed by atoms with E-state index in [1.807, 2.05) is 30.3 Å². The SMILES string of the molecule is O=C(O)c1ccc(CNC(=O)C2(OCc3ccccc3)CCOCC2)o1. The van der Waals surface area contributed by atoms with Gasteiger partial charge >= 0.3 is 5.97 Å². The van der Waals surface area contributed by atoms with Crippen LogP contribution in [0.25, 0.3) is 0 Å². The Labute approximate surface area is 150 Å². The van der Waals surface area contributed by atoms with Gasteiger partial charge in [0.15, 0.2) is 5.60 Å². The molecule has 1 amide bonds. The fraction of sp³-hybridized carbons (Fsp3) is 0.368. The van der Waals surface area contributed by atoms with Crippen molar-refractivity contribution in [3.63, 3.8) is 0 Å². The van der Waals surface area contributed by atoms with E-state index < -0.39 is 11.6 Å². The van der Waals surface area contributed by atoms with Crippen LogP contribution in [-0.4, -0.2) is 35.8 Å². The highest BCUT2D eigenvalue weighted by Crippen LogP contribution is 2.27. The average molecular weight is 359 g/mol. The van der Waals surface area contributed by atoms with Crippen molar-refractivity contribution in [3.05, 3.63) is 59.5 Å². The van der Waals surface area contributed by atoms with Gasteiger partial charge in [-0.1, -0.05) is 30.3 Å². The molecule has 1 aromatic carbocycles. The molecule has 1 aromatic heterocycles. The lowest BCUT2D eigenvalue weighted by Crippen LogP contribution is -2.52. The Hall–Kier alpha value is -2.64. The lowest BCUT2D eigenvalue weighted by molar-refractivity contribution is -0.163. The van der Waals surface area contributed by atoms with Gasteiger partial charge in [-0.05, 0) is 17.7 Å². The van der Waals surface area contributed by atoms with Gasteiger partial charge in [0.05, 0.1) is 13.2 Å². The van der Waals surface area contributed by atoms with E-state index in [0.29, 0.717) is 38.4 Å². The summed E-state index contributed by atoms with van der Waals surface area (Å²) in [6.07, 6.45) is 0.925. The van der Waals surface area contributed by atoms with E-state index in [1.54, 1.807) is 0 Å². The second-order valence-corrected chi connectivity index (χ2v) is 6.13. The summed E-state index contributed by atoms with van der Waals surface area (Å²) in [6.45, 7) is 1.33. The predicted molar refractivity (Wildman–Crippen MR) is 91.5 cm³/mol. The van der Waals surface area contributed by atoms with Gasteiger partial charge in [-0.15, -0.1) is 0 Å². The number of carbonyl (C=O) groups excluding carboxylic acids is 1. The maximum atomic E-state index is 12.8. The van der Waals surface area contributed by atoms with Crippen molar-refractivity contribution in [1.82, 2.24) is 5.32 Å². The lowest BCUT2D eigenvalue weighted by Gasteiger charge is -2.35. The second kappa shape index (κ2) is 8.16. The summed E-state index contributed by atoms with van der Waals surface area (Å²) in [7, 11) is 0. The van der Waals surface area contributed by atoms with Gasteiger partial charge < -0.3 is 24.3 Å². The molecule has 3 rings (SSSR count). The number of carbonyl (C=O) groups is 2. The van der Waals surface area contributed by atoms with E-state index in [4.69, 9.17) is 19.0 Å². The summed E-state index contributed by atoms with van der Waals surface area (Å²) >= 11 is 0.